The molecule has 25 heavy (non-hydrogen) atoms. The SMILES string of the molecule is COc1ccc2c(c1)OCC(/C=C(\C#N)c1nc3ccccc3s1)=C2. The van der Waals surface area contributed by atoms with Crippen molar-refractivity contribution in [2.45, 2.75) is 0 Å². The number of thiazole rings is 1. The number of hydrogen-bond donors (Lipinski definition) is 0. The lowest BCUT2D eigenvalue weighted by atomic mass is 10.1. The molecule has 2 heterocycles. The molecular formula is C20H14N2O2S. The van der Waals surface area contributed by atoms with Gasteiger partial charge in [-0.25, -0.2) is 4.98 Å². The van der Waals surface area contributed by atoms with Gasteiger partial charge in [0.2, 0.25) is 0 Å². The van der Waals surface area contributed by atoms with Crippen molar-refractivity contribution >= 4 is 33.2 Å². The highest BCUT2D eigenvalue weighted by atomic mass is 32.1. The van der Waals surface area contributed by atoms with Gasteiger partial charge in [-0.3, -0.25) is 0 Å². The first-order valence-corrected chi connectivity index (χ1v) is 8.57. The number of aromatic nitrogens is 1. The van der Waals surface area contributed by atoms with Crippen molar-refractivity contribution in [1.29, 1.82) is 5.26 Å². The Hall–Kier alpha value is -3.10. The van der Waals surface area contributed by atoms with Crippen LogP contribution in [0.5, 0.6) is 11.5 Å². The molecule has 1 aromatic heterocycles. The van der Waals surface area contributed by atoms with Crippen molar-refractivity contribution in [3.05, 3.63) is 64.7 Å². The molecule has 0 N–H and O–H groups in total. The van der Waals surface area contributed by atoms with Gasteiger partial charge in [-0.15, -0.1) is 11.3 Å². The number of hydrogen-bond acceptors (Lipinski definition) is 5. The van der Waals surface area contributed by atoms with E-state index < -0.39 is 0 Å². The second-order valence-corrected chi connectivity index (χ2v) is 6.60. The molecule has 0 radical (unpaired) electrons. The number of fused-ring (bicyclic) bond motifs is 2. The molecule has 2 aromatic carbocycles. The quantitative estimate of drug-likeness (QED) is 0.646. The Kier molecular flexibility index (Phi) is 3.96. The van der Waals surface area contributed by atoms with Crippen LogP contribution < -0.4 is 9.47 Å². The topological polar surface area (TPSA) is 55.1 Å². The number of rotatable bonds is 3. The first kappa shape index (κ1) is 15.4. The summed E-state index contributed by atoms with van der Waals surface area (Å²) in [6.45, 7) is 0.413. The van der Waals surface area contributed by atoms with E-state index in [0.717, 1.165) is 37.9 Å². The highest BCUT2D eigenvalue weighted by molar-refractivity contribution is 7.19. The number of methoxy groups -OCH3 is 1. The Labute approximate surface area is 149 Å². The summed E-state index contributed by atoms with van der Waals surface area (Å²) in [6, 6.07) is 15.9. The molecule has 0 atom stereocenters. The predicted molar refractivity (Wildman–Crippen MR) is 99.7 cm³/mol. The normalized spacial score (nSPS) is 13.6. The minimum absolute atomic E-state index is 0.413. The molecular weight excluding hydrogens is 332 g/mol. The second-order valence-electron chi connectivity index (χ2n) is 5.57. The predicted octanol–water partition coefficient (Wildman–Crippen LogP) is 4.69. The van der Waals surface area contributed by atoms with E-state index in [1.807, 2.05) is 54.6 Å². The summed E-state index contributed by atoms with van der Waals surface area (Å²) in [4.78, 5) is 4.56. The molecule has 0 bridgehead atoms. The van der Waals surface area contributed by atoms with Crippen molar-refractivity contribution < 1.29 is 9.47 Å². The third-order valence-electron chi connectivity index (χ3n) is 3.93. The van der Waals surface area contributed by atoms with Gasteiger partial charge in [-0.1, -0.05) is 12.1 Å². The van der Waals surface area contributed by atoms with Gasteiger partial charge in [-0.05, 0) is 42.0 Å². The van der Waals surface area contributed by atoms with Crippen molar-refractivity contribution in [2.24, 2.45) is 0 Å². The highest BCUT2D eigenvalue weighted by Crippen LogP contribution is 2.32. The number of benzene rings is 2. The Balaban J connectivity index is 1.70. The van der Waals surface area contributed by atoms with Gasteiger partial charge in [0.25, 0.3) is 0 Å². The summed E-state index contributed by atoms with van der Waals surface area (Å²) < 4.78 is 12.1. The van der Waals surface area contributed by atoms with Gasteiger partial charge in [0.05, 0.1) is 22.9 Å². The summed E-state index contributed by atoms with van der Waals surface area (Å²) >= 11 is 1.52. The summed E-state index contributed by atoms with van der Waals surface area (Å²) in [7, 11) is 1.63. The molecule has 122 valence electrons. The van der Waals surface area contributed by atoms with Crippen molar-refractivity contribution in [2.75, 3.05) is 13.7 Å². The Morgan fingerprint density at radius 2 is 2.20 bits per heavy atom. The molecule has 5 heteroatoms. The van der Waals surface area contributed by atoms with Crippen LogP contribution in [0.2, 0.25) is 0 Å². The van der Waals surface area contributed by atoms with Gasteiger partial charge in [0.1, 0.15) is 29.2 Å². The van der Waals surface area contributed by atoms with Crippen LogP contribution in [-0.4, -0.2) is 18.7 Å². The largest absolute Gasteiger partial charge is 0.497 e. The summed E-state index contributed by atoms with van der Waals surface area (Å²) in [5.74, 6) is 1.55. The lowest BCUT2D eigenvalue weighted by Gasteiger charge is -2.17. The monoisotopic (exact) mass is 346 g/mol. The maximum atomic E-state index is 9.56. The standard InChI is InChI=1S/C20H14N2O2S/c1-23-16-7-6-14-8-13(12-24-18(14)10-16)9-15(11-21)20-22-17-4-2-3-5-19(17)25-20/h2-10H,12H2,1H3/b15-9+. The van der Waals surface area contributed by atoms with Gasteiger partial charge in [0, 0.05) is 11.6 Å². The van der Waals surface area contributed by atoms with Gasteiger partial charge >= 0.3 is 0 Å². The molecule has 0 amide bonds. The third kappa shape index (κ3) is 3.00. The fraction of sp³-hybridized carbons (Fsp3) is 0.100. The van der Waals surface area contributed by atoms with Crippen LogP contribution in [0.3, 0.4) is 0 Å². The van der Waals surface area contributed by atoms with E-state index in [4.69, 9.17) is 9.47 Å². The number of allylic oxidation sites excluding steroid dienone is 1. The molecule has 1 aliphatic heterocycles. The first-order chi connectivity index (χ1) is 12.3. The van der Waals surface area contributed by atoms with Crippen molar-refractivity contribution in [3.63, 3.8) is 0 Å². The lowest BCUT2D eigenvalue weighted by molar-refractivity contribution is 0.346. The Morgan fingerprint density at radius 3 is 3.00 bits per heavy atom. The van der Waals surface area contributed by atoms with Gasteiger partial charge in [-0.2, -0.15) is 5.26 Å². The van der Waals surface area contributed by atoms with E-state index in [2.05, 4.69) is 11.1 Å². The van der Waals surface area contributed by atoms with E-state index in [-0.39, 0.29) is 0 Å². The van der Waals surface area contributed by atoms with Crippen molar-refractivity contribution in [1.82, 2.24) is 4.98 Å². The fourth-order valence-corrected chi connectivity index (χ4v) is 3.62. The molecule has 0 spiro atoms. The zero-order valence-corrected chi connectivity index (χ0v) is 14.3. The zero-order valence-electron chi connectivity index (χ0n) is 13.5. The second kappa shape index (κ2) is 6.42. The smallest absolute Gasteiger partial charge is 0.135 e. The van der Waals surface area contributed by atoms with Crippen LogP contribution in [0.25, 0.3) is 21.9 Å². The lowest BCUT2D eigenvalue weighted by Crippen LogP contribution is -2.06. The van der Waals surface area contributed by atoms with Crippen LogP contribution in [0.15, 0.2) is 54.1 Å². The molecule has 0 saturated heterocycles. The van der Waals surface area contributed by atoms with E-state index >= 15 is 0 Å². The van der Waals surface area contributed by atoms with Crippen molar-refractivity contribution in [3.8, 4) is 17.6 Å². The summed E-state index contributed by atoms with van der Waals surface area (Å²) in [5, 5.41) is 10.3. The Morgan fingerprint density at radius 1 is 1.32 bits per heavy atom. The van der Waals surface area contributed by atoms with Crippen LogP contribution in [0.4, 0.5) is 0 Å². The Bertz CT molecular complexity index is 1020. The summed E-state index contributed by atoms with van der Waals surface area (Å²) in [6.07, 6.45) is 3.88. The van der Waals surface area contributed by atoms with Crippen LogP contribution in [0.1, 0.15) is 10.6 Å². The first-order valence-electron chi connectivity index (χ1n) is 7.76. The number of ether oxygens (including phenoxy) is 2. The maximum absolute atomic E-state index is 9.56. The average molecular weight is 346 g/mol. The molecule has 4 nitrogen and oxygen atoms in total. The van der Waals surface area contributed by atoms with Gasteiger partial charge < -0.3 is 9.47 Å². The molecule has 0 unspecified atom stereocenters. The summed E-state index contributed by atoms with van der Waals surface area (Å²) in [5.41, 5.74) is 3.37. The number of nitrogens with zero attached hydrogens (tertiary/aromatic N) is 2. The van der Waals surface area contributed by atoms with Gasteiger partial charge in [0.15, 0.2) is 0 Å². The molecule has 0 aliphatic carbocycles. The van der Waals surface area contributed by atoms with Crippen LogP contribution in [0, 0.1) is 11.3 Å². The molecule has 1 aliphatic rings. The number of nitriles is 1. The minimum atomic E-state index is 0.413. The van der Waals surface area contributed by atoms with Crippen LogP contribution in [-0.2, 0) is 0 Å². The van der Waals surface area contributed by atoms with E-state index in [1.165, 1.54) is 11.3 Å². The third-order valence-corrected chi connectivity index (χ3v) is 5.00. The van der Waals surface area contributed by atoms with E-state index in [9.17, 15) is 5.26 Å². The number of para-hydroxylation sites is 1. The maximum Gasteiger partial charge on any atom is 0.135 e. The molecule has 4 rings (SSSR count). The zero-order chi connectivity index (χ0) is 17.2. The molecule has 0 saturated carbocycles. The highest BCUT2D eigenvalue weighted by Gasteiger charge is 2.14. The fourth-order valence-electron chi connectivity index (χ4n) is 2.69. The average Bonchev–Trinajstić information content (AvgIpc) is 3.09. The molecule has 3 aromatic rings. The van der Waals surface area contributed by atoms with E-state index in [0.29, 0.717) is 12.2 Å². The van der Waals surface area contributed by atoms with Crippen LogP contribution >= 0.6 is 11.3 Å². The molecule has 0 fully saturated rings. The van der Waals surface area contributed by atoms with E-state index in [1.54, 1.807) is 7.11 Å². The minimum Gasteiger partial charge on any atom is -0.497 e.